The second-order valence-corrected chi connectivity index (χ2v) is 14.7. The summed E-state index contributed by atoms with van der Waals surface area (Å²) in [5.41, 5.74) is -6.35. The fraction of sp³-hybridized carbons (Fsp3) is 0.750. The first-order valence-corrected chi connectivity index (χ1v) is 14.5. The van der Waals surface area contributed by atoms with E-state index in [4.69, 9.17) is 4.74 Å². The number of fused-ring (bicyclic) bond motifs is 5. The summed E-state index contributed by atoms with van der Waals surface area (Å²) in [6.45, 7) is 12.7. The van der Waals surface area contributed by atoms with Gasteiger partial charge in [0, 0.05) is 37.0 Å². The van der Waals surface area contributed by atoms with Crippen LogP contribution in [0.15, 0.2) is 23.8 Å². The predicted octanol–water partition coefficient (Wildman–Crippen LogP) is 2.47. The van der Waals surface area contributed by atoms with Gasteiger partial charge in [-0.1, -0.05) is 39.3 Å². The van der Waals surface area contributed by atoms with Crippen LogP contribution in [0.3, 0.4) is 0 Å². The Kier molecular flexibility index (Phi) is 7.47. The highest BCUT2D eigenvalue weighted by atomic mass is 16.6. The Morgan fingerprint density at radius 1 is 1.10 bits per heavy atom. The molecule has 4 aliphatic rings. The summed E-state index contributed by atoms with van der Waals surface area (Å²) in [4.78, 5) is 52.2. The summed E-state index contributed by atoms with van der Waals surface area (Å²) in [5.74, 6) is -3.89. The molecule has 0 radical (unpaired) electrons. The highest BCUT2D eigenvalue weighted by Crippen LogP contribution is 2.74. The van der Waals surface area contributed by atoms with Crippen LogP contribution in [0.2, 0.25) is 0 Å². The lowest BCUT2D eigenvalue weighted by atomic mass is 9.38. The first-order chi connectivity index (χ1) is 18.6. The van der Waals surface area contributed by atoms with Gasteiger partial charge in [0.2, 0.25) is 0 Å². The molecule has 9 atom stereocenters. The van der Waals surface area contributed by atoms with Gasteiger partial charge in [0.1, 0.15) is 23.1 Å². The fourth-order valence-electron chi connectivity index (χ4n) is 9.43. The summed E-state index contributed by atoms with van der Waals surface area (Å²) in [5, 5.41) is 45.0. The van der Waals surface area contributed by atoms with E-state index in [0.29, 0.717) is 6.42 Å². The Hall–Kier alpha value is -2.20. The maximum absolute atomic E-state index is 14.4. The number of ether oxygens (including phenoxy) is 1. The number of rotatable bonds is 6. The monoisotopic (exact) mass is 574 g/mol. The highest BCUT2D eigenvalue weighted by molar-refractivity contribution is 5.97. The molecule has 0 amide bonds. The lowest BCUT2D eigenvalue weighted by Crippen LogP contribution is -2.67. The van der Waals surface area contributed by atoms with E-state index in [9.17, 15) is 39.6 Å². The zero-order valence-corrected chi connectivity index (χ0v) is 25.5. The third-order valence-electron chi connectivity index (χ3n) is 11.6. The first kappa shape index (κ1) is 31.7. The minimum absolute atomic E-state index is 0.0584. The molecule has 0 bridgehead atoms. The molecule has 4 N–H and O–H groups in total. The van der Waals surface area contributed by atoms with Crippen molar-refractivity contribution >= 4 is 23.3 Å². The Bertz CT molecular complexity index is 1230. The van der Waals surface area contributed by atoms with Crippen LogP contribution in [-0.4, -0.2) is 73.8 Å². The number of aliphatic hydroxyl groups excluding tert-OH is 3. The highest BCUT2D eigenvalue weighted by Gasteiger charge is 2.75. The van der Waals surface area contributed by atoms with Gasteiger partial charge in [0.15, 0.2) is 11.6 Å². The maximum Gasteiger partial charge on any atom is 0.303 e. The molecule has 0 saturated heterocycles. The lowest BCUT2D eigenvalue weighted by Gasteiger charge is -2.64. The molecule has 0 spiro atoms. The van der Waals surface area contributed by atoms with Crippen LogP contribution in [0.25, 0.3) is 0 Å². The van der Waals surface area contributed by atoms with Gasteiger partial charge < -0.3 is 25.2 Å². The van der Waals surface area contributed by atoms with Crippen molar-refractivity contribution in [2.24, 2.45) is 39.4 Å². The number of aliphatic hydroxyl groups is 4. The number of hydrogen-bond donors (Lipinski definition) is 4. The van der Waals surface area contributed by atoms with Crippen LogP contribution < -0.4 is 0 Å². The van der Waals surface area contributed by atoms with E-state index in [0.717, 1.165) is 11.6 Å². The van der Waals surface area contributed by atoms with Crippen molar-refractivity contribution in [3.05, 3.63) is 23.8 Å². The molecule has 0 aromatic heterocycles. The zero-order chi connectivity index (χ0) is 31.1. The average Bonchev–Trinajstić information content (AvgIpc) is 3.05. The van der Waals surface area contributed by atoms with Gasteiger partial charge in [-0.05, 0) is 62.5 Å². The number of carbonyl (C=O) groups is 4. The van der Waals surface area contributed by atoms with E-state index >= 15 is 0 Å². The molecule has 1 unspecified atom stereocenters. The molecule has 41 heavy (non-hydrogen) atoms. The Morgan fingerprint density at radius 3 is 2.27 bits per heavy atom. The van der Waals surface area contributed by atoms with Crippen molar-refractivity contribution in [1.82, 2.24) is 0 Å². The topological polar surface area (TPSA) is 158 Å². The normalized spacial score (nSPS) is 41.7. The van der Waals surface area contributed by atoms with E-state index in [1.165, 1.54) is 19.9 Å². The number of esters is 1. The average molecular weight is 575 g/mol. The molecule has 0 aromatic rings. The fourth-order valence-corrected chi connectivity index (χ4v) is 9.43. The van der Waals surface area contributed by atoms with Crippen LogP contribution in [0.1, 0.15) is 81.1 Å². The van der Waals surface area contributed by atoms with Crippen LogP contribution in [-0.2, 0) is 23.9 Å². The molecule has 9 nitrogen and oxygen atoms in total. The number of Topliss-reactive ketones (excluding diaryl/α,β-unsaturated/α-hetero) is 2. The van der Waals surface area contributed by atoms with Crippen LogP contribution >= 0.6 is 0 Å². The zero-order valence-electron chi connectivity index (χ0n) is 25.5. The van der Waals surface area contributed by atoms with Gasteiger partial charge >= 0.3 is 5.97 Å². The van der Waals surface area contributed by atoms with Crippen molar-refractivity contribution < 1.29 is 44.3 Å². The molecule has 0 aromatic carbocycles. The van der Waals surface area contributed by atoms with Crippen molar-refractivity contribution in [2.45, 2.75) is 104 Å². The van der Waals surface area contributed by atoms with Gasteiger partial charge in [-0.25, -0.2) is 0 Å². The minimum Gasteiger partial charge on any atom is -0.456 e. The van der Waals surface area contributed by atoms with E-state index in [-0.39, 0.29) is 30.8 Å². The molecule has 3 saturated carbocycles. The molecule has 4 rings (SSSR count). The van der Waals surface area contributed by atoms with Gasteiger partial charge in [-0.2, -0.15) is 0 Å². The first-order valence-electron chi connectivity index (χ1n) is 14.5. The summed E-state index contributed by atoms with van der Waals surface area (Å²) < 4.78 is 5.22. The summed E-state index contributed by atoms with van der Waals surface area (Å²) >= 11 is 0. The molecule has 4 aliphatic carbocycles. The third-order valence-corrected chi connectivity index (χ3v) is 11.6. The van der Waals surface area contributed by atoms with Gasteiger partial charge in [0.05, 0.1) is 18.1 Å². The Labute approximate surface area is 242 Å². The van der Waals surface area contributed by atoms with Crippen molar-refractivity contribution in [1.29, 1.82) is 0 Å². The Balaban J connectivity index is 1.78. The third kappa shape index (κ3) is 4.33. The largest absolute Gasteiger partial charge is 0.456 e. The van der Waals surface area contributed by atoms with Crippen molar-refractivity contribution in [2.75, 3.05) is 6.61 Å². The summed E-state index contributed by atoms with van der Waals surface area (Å²) in [6, 6.07) is 0. The molecule has 0 heterocycles. The lowest BCUT2D eigenvalue weighted by molar-refractivity contribution is -0.191. The molecular weight excluding hydrogens is 528 g/mol. The maximum atomic E-state index is 14.4. The summed E-state index contributed by atoms with van der Waals surface area (Å²) in [7, 11) is 0. The number of carbonyl (C=O) groups excluding carboxylic acids is 4. The van der Waals surface area contributed by atoms with Crippen molar-refractivity contribution in [3.8, 4) is 0 Å². The van der Waals surface area contributed by atoms with E-state index < -0.39 is 81.2 Å². The summed E-state index contributed by atoms with van der Waals surface area (Å²) in [6.07, 6.45) is 2.64. The molecule has 3 fully saturated rings. The quantitative estimate of drug-likeness (QED) is 0.212. The van der Waals surface area contributed by atoms with Crippen LogP contribution in [0.4, 0.5) is 0 Å². The molecule has 228 valence electrons. The number of allylic oxidation sites excluding steroid dienone is 1. The molecule has 0 aliphatic heterocycles. The van der Waals surface area contributed by atoms with Gasteiger partial charge in [-0.3, -0.25) is 19.2 Å². The smallest absolute Gasteiger partial charge is 0.303 e. The standard InChI is InChI=1S/C32H46O9/c1-17(34)41-27(2,3)12-11-23(37)31(8,40)25-21(36)14-29(6)22-10-9-18-19(13-20(35)26(39)28(18,4)5)32(22,16-33)24(38)15-30(25,29)7/h9,11-12,19,21-22,25-26,33,36,39-40H,10,13-16H2,1-8H3/b12-11+/t19-,21-,22+,25+,26+,29+,30-,31?,32+/m1/s1. The molecular formula is C32H46O9. The van der Waals surface area contributed by atoms with E-state index in [2.05, 4.69) is 0 Å². The Morgan fingerprint density at radius 2 is 1.71 bits per heavy atom. The van der Waals surface area contributed by atoms with Gasteiger partial charge in [-0.15, -0.1) is 0 Å². The van der Waals surface area contributed by atoms with Crippen LogP contribution in [0, 0.1) is 39.4 Å². The second kappa shape index (κ2) is 9.66. The van der Waals surface area contributed by atoms with Gasteiger partial charge in [0.25, 0.3) is 0 Å². The van der Waals surface area contributed by atoms with E-state index in [1.807, 2.05) is 19.9 Å². The minimum atomic E-state index is -2.06. The number of hydrogen-bond acceptors (Lipinski definition) is 9. The predicted molar refractivity (Wildman–Crippen MR) is 149 cm³/mol. The van der Waals surface area contributed by atoms with E-state index in [1.54, 1.807) is 27.7 Å². The second-order valence-electron chi connectivity index (χ2n) is 14.7. The van der Waals surface area contributed by atoms with Crippen LogP contribution in [0.5, 0.6) is 0 Å². The van der Waals surface area contributed by atoms with Crippen molar-refractivity contribution in [3.63, 3.8) is 0 Å². The number of ketones is 3. The molecule has 9 heteroatoms. The SMILES string of the molecule is CC(=O)OC(C)(C)/C=C/C(=O)C(C)(O)[C@H]1[C@H](O)C[C@@]2(C)[C@@H]3CC=C4[C@@H](CC(=O)[C@H](O)C4(C)C)[C@]3(CO)C(=O)C[C@]12C.